The van der Waals surface area contributed by atoms with Gasteiger partial charge in [-0.05, 0) is 13.2 Å². The summed E-state index contributed by atoms with van der Waals surface area (Å²) in [6.07, 6.45) is 3.80. The lowest BCUT2D eigenvalue weighted by atomic mass is 10.3. The van der Waals surface area contributed by atoms with E-state index in [4.69, 9.17) is 6.79 Å². The molecule has 0 radical (unpaired) electrons. The van der Waals surface area contributed by atoms with Crippen LogP contribution < -0.4 is 0 Å². The summed E-state index contributed by atoms with van der Waals surface area (Å²) < 4.78 is 4.30. The SMILES string of the molecule is [CH-]=[O+]CCCC=C. The Hall–Kier alpha value is -0.590. The van der Waals surface area contributed by atoms with E-state index in [-0.39, 0.29) is 0 Å². The van der Waals surface area contributed by atoms with Gasteiger partial charge in [-0.1, -0.05) is 6.08 Å². The smallest absolute Gasteiger partial charge is 0.218 e. The van der Waals surface area contributed by atoms with E-state index in [0.717, 1.165) is 12.8 Å². The van der Waals surface area contributed by atoms with Gasteiger partial charge in [0.25, 0.3) is 0 Å². The second-order valence-electron chi connectivity index (χ2n) is 1.30. The van der Waals surface area contributed by atoms with Crippen LogP contribution >= 0.6 is 0 Å². The van der Waals surface area contributed by atoms with Crippen LogP contribution in [-0.2, 0) is 4.42 Å². The maximum absolute atomic E-state index is 4.73. The van der Waals surface area contributed by atoms with Crippen LogP contribution in [0.2, 0.25) is 0 Å². The summed E-state index contributed by atoms with van der Waals surface area (Å²) >= 11 is 0. The van der Waals surface area contributed by atoms with Crippen molar-refractivity contribution in [3.63, 3.8) is 0 Å². The molecule has 0 heterocycles. The number of allylic oxidation sites excluding steroid dienone is 1. The predicted molar refractivity (Wildman–Crippen MR) is 31.0 cm³/mol. The van der Waals surface area contributed by atoms with Gasteiger partial charge < -0.3 is 4.42 Å². The first-order chi connectivity index (χ1) is 3.41. The minimum atomic E-state index is 0.631. The average Bonchev–Trinajstić information content (AvgIpc) is 1.69. The van der Waals surface area contributed by atoms with Crippen molar-refractivity contribution < 1.29 is 4.42 Å². The molecule has 0 fully saturated rings. The van der Waals surface area contributed by atoms with Gasteiger partial charge >= 0.3 is 0 Å². The van der Waals surface area contributed by atoms with Crippen LogP contribution in [0.15, 0.2) is 12.7 Å². The van der Waals surface area contributed by atoms with Crippen molar-refractivity contribution in [2.75, 3.05) is 6.61 Å². The fourth-order valence-electron chi connectivity index (χ4n) is 0.311. The van der Waals surface area contributed by atoms with Crippen LogP contribution in [0.1, 0.15) is 12.8 Å². The second-order valence-corrected chi connectivity index (χ2v) is 1.30. The van der Waals surface area contributed by atoms with Crippen molar-refractivity contribution in [3.8, 4) is 0 Å². The van der Waals surface area contributed by atoms with Gasteiger partial charge in [0.15, 0.2) is 0 Å². The largest absolute Gasteiger partial charge is 0.460 e. The van der Waals surface area contributed by atoms with Gasteiger partial charge in [0.2, 0.25) is 6.61 Å². The maximum Gasteiger partial charge on any atom is 0.218 e. The fourth-order valence-corrected chi connectivity index (χ4v) is 0.311. The first kappa shape index (κ1) is 6.41. The minimum absolute atomic E-state index is 0.631. The summed E-state index contributed by atoms with van der Waals surface area (Å²) in [5.74, 6) is 0. The van der Waals surface area contributed by atoms with Crippen molar-refractivity contribution in [3.05, 3.63) is 12.7 Å². The zero-order valence-electron chi connectivity index (χ0n) is 4.39. The molecule has 0 aliphatic carbocycles. The number of hydrogen-bond acceptors (Lipinski definition) is 0. The molecular weight excluding hydrogens is 88.1 g/mol. The fraction of sp³-hybridized carbons (Fsp3) is 0.500. The Morgan fingerprint density at radius 1 is 1.71 bits per heavy atom. The first-order valence-corrected chi connectivity index (χ1v) is 2.34. The monoisotopic (exact) mass is 98.1 g/mol. The third kappa shape index (κ3) is 5.41. The number of hydrogen-bond donors (Lipinski definition) is 0. The molecular formula is C6H10O. The van der Waals surface area contributed by atoms with E-state index in [9.17, 15) is 0 Å². The van der Waals surface area contributed by atoms with Gasteiger partial charge in [0, 0.05) is 6.42 Å². The highest BCUT2D eigenvalue weighted by molar-refractivity contribution is 5.13. The lowest BCUT2D eigenvalue weighted by Crippen LogP contribution is -1.79. The molecule has 0 aromatic rings. The summed E-state index contributed by atoms with van der Waals surface area (Å²) in [5.41, 5.74) is 0. The molecule has 0 atom stereocenters. The van der Waals surface area contributed by atoms with Gasteiger partial charge in [-0.2, -0.15) is 0 Å². The molecule has 0 spiro atoms. The van der Waals surface area contributed by atoms with Crippen LogP contribution in [0.3, 0.4) is 0 Å². The molecule has 0 unspecified atom stereocenters. The van der Waals surface area contributed by atoms with Crippen molar-refractivity contribution in [2.24, 2.45) is 0 Å². The molecule has 0 saturated carbocycles. The Kier molecular flexibility index (Phi) is 4.95. The molecule has 0 aliphatic rings. The summed E-state index contributed by atoms with van der Waals surface area (Å²) in [6.45, 7) is 8.90. The van der Waals surface area contributed by atoms with Crippen LogP contribution in [0.4, 0.5) is 0 Å². The second kappa shape index (κ2) is 5.41. The Bertz CT molecular complexity index is 49.2. The van der Waals surface area contributed by atoms with E-state index >= 15 is 0 Å². The van der Waals surface area contributed by atoms with Crippen molar-refractivity contribution in [2.45, 2.75) is 12.8 Å². The molecule has 0 N–H and O–H groups in total. The Labute approximate surface area is 44.4 Å². The molecule has 0 bridgehead atoms. The third-order valence-electron chi connectivity index (χ3n) is 0.670. The van der Waals surface area contributed by atoms with Gasteiger partial charge in [0.05, 0.1) is 0 Å². The number of rotatable bonds is 4. The summed E-state index contributed by atoms with van der Waals surface area (Å²) in [7, 11) is 0. The van der Waals surface area contributed by atoms with Crippen LogP contribution in [0.5, 0.6) is 0 Å². The lowest BCUT2D eigenvalue weighted by Gasteiger charge is -1.81. The van der Waals surface area contributed by atoms with E-state index in [1.165, 1.54) is 0 Å². The van der Waals surface area contributed by atoms with E-state index in [2.05, 4.69) is 11.0 Å². The van der Waals surface area contributed by atoms with Crippen molar-refractivity contribution >= 4 is 6.79 Å². The summed E-state index contributed by atoms with van der Waals surface area (Å²) in [4.78, 5) is 0. The van der Waals surface area contributed by atoms with Gasteiger partial charge in [-0.15, -0.1) is 6.58 Å². The lowest BCUT2D eigenvalue weighted by molar-refractivity contribution is 0.112. The van der Waals surface area contributed by atoms with Crippen LogP contribution in [0, 0.1) is 0 Å². The van der Waals surface area contributed by atoms with Crippen molar-refractivity contribution in [1.82, 2.24) is 0 Å². The number of unbranched alkanes of at least 4 members (excludes halogenated alkanes) is 1. The zero-order valence-corrected chi connectivity index (χ0v) is 4.39. The third-order valence-corrected chi connectivity index (χ3v) is 0.670. The standard InChI is InChI=1S/C6H10O/c1-3-4-5-6-7-2/h2-3H,1,4-6H2. The quantitative estimate of drug-likeness (QED) is 0.165. The molecule has 1 nitrogen and oxygen atoms in total. The van der Waals surface area contributed by atoms with E-state index in [1.54, 1.807) is 0 Å². The van der Waals surface area contributed by atoms with Gasteiger partial charge in [-0.25, -0.2) is 0 Å². The minimum Gasteiger partial charge on any atom is -0.460 e. The topological polar surface area (TPSA) is 11.3 Å². The Morgan fingerprint density at radius 2 is 2.43 bits per heavy atom. The molecule has 0 rings (SSSR count). The molecule has 0 aromatic heterocycles. The van der Waals surface area contributed by atoms with E-state index in [0.29, 0.717) is 6.61 Å². The predicted octanol–water partition coefficient (Wildman–Crippen LogP) is 1.23. The average molecular weight is 98.1 g/mol. The Morgan fingerprint density at radius 3 is 2.86 bits per heavy atom. The van der Waals surface area contributed by atoms with E-state index in [1.807, 2.05) is 6.08 Å². The van der Waals surface area contributed by atoms with Crippen LogP contribution in [-0.4, -0.2) is 13.4 Å². The summed E-state index contributed by atoms with van der Waals surface area (Å²) in [6, 6.07) is 0. The summed E-state index contributed by atoms with van der Waals surface area (Å²) in [5, 5.41) is 0. The van der Waals surface area contributed by atoms with Gasteiger partial charge in [0.1, 0.15) is 0 Å². The maximum atomic E-state index is 4.73. The molecule has 0 aromatic carbocycles. The first-order valence-electron chi connectivity index (χ1n) is 2.34. The molecule has 0 aliphatic heterocycles. The number of carbonyl (C=O) groups excluding carboxylic acids is 1. The van der Waals surface area contributed by atoms with E-state index < -0.39 is 0 Å². The molecule has 0 saturated heterocycles. The molecule has 40 valence electrons. The molecule has 7 heavy (non-hydrogen) atoms. The highest BCUT2D eigenvalue weighted by Gasteiger charge is 1.80. The normalized spacial score (nSPS) is 8.00. The van der Waals surface area contributed by atoms with Crippen molar-refractivity contribution in [1.29, 1.82) is 0 Å². The zero-order chi connectivity index (χ0) is 5.54. The molecule has 0 amide bonds. The Balaban J connectivity index is 2.68. The van der Waals surface area contributed by atoms with Crippen LogP contribution in [0.25, 0.3) is 0 Å². The van der Waals surface area contributed by atoms with Gasteiger partial charge in [-0.3, -0.25) is 0 Å². The highest BCUT2D eigenvalue weighted by Crippen LogP contribution is 1.85. The highest BCUT2D eigenvalue weighted by atomic mass is 16.4. The molecule has 1 heteroatoms.